The van der Waals surface area contributed by atoms with E-state index in [2.05, 4.69) is 71.0 Å². The molecule has 2 rings (SSSR count). The van der Waals surface area contributed by atoms with E-state index >= 15 is 0 Å². The molecule has 0 aliphatic rings. The van der Waals surface area contributed by atoms with Gasteiger partial charge in [-0.2, -0.15) is 0 Å². The molecule has 0 saturated heterocycles. The first-order valence-electron chi connectivity index (χ1n) is 6.08. The van der Waals surface area contributed by atoms with Crippen LogP contribution in [-0.4, -0.2) is 15.6 Å². The first-order chi connectivity index (χ1) is 9.63. The van der Waals surface area contributed by atoms with Crippen LogP contribution in [-0.2, 0) is 11.8 Å². The van der Waals surface area contributed by atoms with Crippen LogP contribution in [0, 0.1) is 0 Å². The average molecular weight is 482 g/mol. The van der Waals surface area contributed by atoms with E-state index in [0.717, 1.165) is 27.1 Å². The van der Waals surface area contributed by atoms with E-state index in [9.17, 15) is 0 Å². The SMILES string of the molecule is Clc1cnccc1CC(CBr)(CBr)c1ccccc1Br. The highest BCUT2D eigenvalue weighted by Gasteiger charge is 2.32. The maximum absolute atomic E-state index is 6.27. The summed E-state index contributed by atoms with van der Waals surface area (Å²) in [5, 5.41) is 2.39. The van der Waals surface area contributed by atoms with Gasteiger partial charge in [0.1, 0.15) is 0 Å². The first-order valence-corrected chi connectivity index (χ1v) is 9.50. The topological polar surface area (TPSA) is 12.9 Å². The Kier molecular flexibility index (Phi) is 6.09. The molecule has 106 valence electrons. The van der Waals surface area contributed by atoms with Crippen LogP contribution in [0.25, 0.3) is 0 Å². The van der Waals surface area contributed by atoms with Crippen LogP contribution in [0.2, 0.25) is 5.02 Å². The molecule has 0 unspecified atom stereocenters. The number of pyridine rings is 1. The second-order valence-electron chi connectivity index (χ2n) is 4.67. The van der Waals surface area contributed by atoms with Gasteiger partial charge in [0, 0.05) is 32.9 Å². The summed E-state index contributed by atoms with van der Waals surface area (Å²) >= 11 is 17.3. The highest BCUT2D eigenvalue weighted by atomic mass is 79.9. The lowest BCUT2D eigenvalue weighted by Crippen LogP contribution is -2.33. The van der Waals surface area contributed by atoms with Gasteiger partial charge in [0.2, 0.25) is 0 Å². The van der Waals surface area contributed by atoms with Gasteiger partial charge in [0.05, 0.1) is 5.02 Å². The van der Waals surface area contributed by atoms with E-state index in [1.807, 2.05) is 12.1 Å². The standard InChI is InChI=1S/C15H13Br3ClN/c16-9-15(10-17,12-3-1-2-4-13(12)18)7-11-5-6-20-8-14(11)19/h1-6,8H,7,9-10H2. The summed E-state index contributed by atoms with van der Waals surface area (Å²) in [5.74, 6) is 0. The third kappa shape index (κ3) is 3.46. The van der Waals surface area contributed by atoms with Crippen LogP contribution in [0.4, 0.5) is 0 Å². The van der Waals surface area contributed by atoms with Crippen molar-refractivity contribution in [3.8, 4) is 0 Å². The summed E-state index contributed by atoms with van der Waals surface area (Å²) in [5.41, 5.74) is 2.31. The van der Waals surface area contributed by atoms with Gasteiger partial charge < -0.3 is 0 Å². The normalized spacial score (nSPS) is 11.6. The number of alkyl halides is 2. The van der Waals surface area contributed by atoms with Crippen LogP contribution >= 0.6 is 59.4 Å². The van der Waals surface area contributed by atoms with Crippen LogP contribution in [0.3, 0.4) is 0 Å². The molecule has 0 spiro atoms. The molecule has 0 amide bonds. The molecule has 0 aliphatic carbocycles. The monoisotopic (exact) mass is 479 g/mol. The molecule has 2 aromatic rings. The lowest BCUT2D eigenvalue weighted by molar-refractivity contribution is 0.548. The molecule has 1 heterocycles. The summed E-state index contributed by atoms with van der Waals surface area (Å²) in [6.45, 7) is 0. The molecule has 20 heavy (non-hydrogen) atoms. The van der Waals surface area contributed by atoms with E-state index in [1.165, 1.54) is 5.56 Å². The van der Waals surface area contributed by atoms with Gasteiger partial charge in [-0.05, 0) is 29.7 Å². The van der Waals surface area contributed by atoms with Crippen molar-refractivity contribution < 1.29 is 0 Å². The number of halogens is 4. The first kappa shape index (κ1) is 16.5. The molecule has 0 aliphatic heterocycles. The molecule has 0 atom stereocenters. The number of nitrogens with zero attached hydrogens (tertiary/aromatic N) is 1. The molecule has 1 nitrogen and oxygen atoms in total. The smallest absolute Gasteiger partial charge is 0.0621 e. The van der Waals surface area contributed by atoms with E-state index in [1.54, 1.807) is 12.4 Å². The van der Waals surface area contributed by atoms with Gasteiger partial charge in [0.15, 0.2) is 0 Å². The Morgan fingerprint density at radius 2 is 1.80 bits per heavy atom. The van der Waals surface area contributed by atoms with Crippen molar-refractivity contribution in [2.24, 2.45) is 0 Å². The van der Waals surface area contributed by atoms with Crippen molar-refractivity contribution in [2.45, 2.75) is 11.8 Å². The molecular weight excluding hydrogens is 469 g/mol. The van der Waals surface area contributed by atoms with Crippen molar-refractivity contribution in [1.82, 2.24) is 4.98 Å². The van der Waals surface area contributed by atoms with Gasteiger partial charge >= 0.3 is 0 Å². The number of hydrogen-bond donors (Lipinski definition) is 0. The summed E-state index contributed by atoms with van der Waals surface area (Å²) in [7, 11) is 0. The second-order valence-corrected chi connectivity index (χ2v) is 7.05. The third-order valence-electron chi connectivity index (χ3n) is 3.34. The highest BCUT2D eigenvalue weighted by molar-refractivity contribution is 9.10. The fraction of sp³-hybridized carbons (Fsp3) is 0.267. The molecule has 1 aromatic carbocycles. The van der Waals surface area contributed by atoms with Crippen molar-refractivity contribution in [3.63, 3.8) is 0 Å². The number of hydrogen-bond acceptors (Lipinski definition) is 1. The predicted molar refractivity (Wildman–Crippen MR) is 96.4 cm³/mol. The zero-order chi connectivity index (χ0) is 14.6. The van der Waals surface area contributed by atoms with Crippen molar-refractivity contribution in [2.75, 3.05) is 10.7 Å². The third-order valence-corrected chi connectivity index (χ3v) is 6.52. The number of aromatic nitrogens is 1. The van der Waals surface area contributed by atoms with Crippen LogP contribution < -0.4 is 0 Å². The maximum atomic E-state index is 6.27. The molecule has 0 fully saturated rings. The van der Waals surface area contributed by atoms with Crippen LogP contribution in [0.5, 0.6) is 0 Å². The summed E-state index contributed by atoms with van der Waals surface area (Å²) in [6.07, 6.45) is 4.33. The van der Waals surface area contributed by atoms with E-state index in [-0.39, 0.29) is 5.41 Å². The zero-order valence-electron chi connectivity index (χ0n) is 10.6. The Morgan fingerprint density at radius 3 is 2.40 bits per heavy atom. The molecule has 5 heteroatoms. The van der Waals surface area contributed by atoms with E-state index in [4.69, 9.17) is 11.6 Å². The van der Waals surface area contributed by atoms with E-state index in [0.29, 0.717) is 5.02 Å². The van der Waals surface area contributed by atoms with Crippen LogP contribution in [0.1, 0.15) is 11.1 Å². The quantitative estimate of drug-likeness (QED) is 0.494. The molecule has 1 aromatic heterocycles. The maximum Gasteiger partial charge on any atom is 0.0621 e. The Labute approximate surface area is 149 Å². The molecule has 0 saturated carbocycles. The molecule has 0 bridgehead atoms. The van der Waals surface area contributed by atoms with Crippen molar-refractivity contribution >= 4 is 59.4 Å². The van der Waals surface area contributed by atoms with Crippen molar-refractivity contribution in [3.05, 3.63) is 63.3 Å². The second kappa shape index (κ2) is 7.39. The minimum atomic E-state index is -0.0644. The van der Waals surface area contributed by atoms with Gasteiger partial charge in [-0.25, -0.2) is 0 Å². The zero-order valence-corrected chi connectivity index (χ0v) is 16.1. The largest absolute Gasteiger partial charge is 0.263 e. The Balaban J connectivity index is 2.46. The Hall–Kier alpha value is 0.1000. The fourth-order valence-corrected chi connectivity index (χ4v) is 4.99. The minimum Gasteiger partial charge on any atom is -0.263 e. The van der Waals surface area contributed by atoms with Gasteiger partial charge in [-0.15, -0.1) is 0 Å². The van der Waals surface area contributed by atoms with Gasteiger partial charge in [0.25, 0.3) is 0 Å². The average Bonchev–Trinajstić information content (AvgIpc) is 2.48. The minimum absolute atomic E-state index is 0.0644. The lowest BCUT2D eigenvalue weighted by atomic mass is 9.79. The Morgan fingerprint density at radius 1 is 1.10 bits per heavy atom. The van der Waals surface area contributed by atoms with E-state index < -0.39 is 0 Å². The predicted octanol–water partition coefficient (Wildman–Crippen LogP) is 5.77. The van der Waals surface area contributed by atoms with Crippen LogP contribution in [0.15, 0.2) is 47.2 Å². The summed E-state index contributed by atoms with van der Waals surface area (Å²) in [6, 6.07) is 10.3. The van der Waals surface area contributed by atoms with Gasteiger partial charge in [-0.1, -0.05) is 77.6 Å². The number of rotatable bonds is 5. The summed E-state index contributed by atoms with van der Waals surface area (Å²) in [4.78, 5) is 4.05. The molecular formula is C15H13Br3ClN. The van der Waals surface area contributed by atoms with Gasteiger partial charge in [-0.3, -0.25) is 4.98 Å². The molecule has 0 radical (unpaired) electrons. The lowest BCUT2D eigenvalue weighted by Gasteiger charge is -2.32. The fourth-order valence-electron chi connectivity index (χ4n) is 2.17. The molecule has 0 N–H and O–H groups in total. The highest BCUT2D eigenvalue weighted by Crippen LogP contribution is 2.38. The summed E-state index contributed by atoms with van der Waals surface area (Å²) < 4.78 is 1.11. The van der Waals surface area contributed by atoms with Crippen molar-refractivity contribution in [1.29, 1.82) is 0 Å². The Bertz CT molecular complexity index is 585. The number of benzene rings is 1.